The number of nitrogens with zero attached hydrogens (tertiary/aromatic N) is 1. The van der Waals surface area contributed by atoms with Gasteiger partial charge < -0.3 is 15.8 Å². The molecule has 0 aliphatic rings. The molecule has 0 saturated heterocycles. The van der Waals surface area contributed by atoms with E-state index in [0.717, 1.165) is 5.75 Å². The summed E-state index contributed by atoms with van der Waals surface area (Å²) in [7, 11) is 0. The van der Waals surface area contributed by atoms with Crippen LogP contribution in [0.3, 0.4) is 0 Å². The van der Waals surface area contributed by atoms with E-state index >= 15 is 0 Å². The smallest absolute Gasteiger partial charge is 0.188 e. The van der Waals surface area contributed by atoms with Crippen LogP contribution in [-0.2, 0) is 0 Å². The molecule has 19 heavy (non-hydrogen) atoms. The Morgan fingerprint density at radius 1 is 1.42 bits per heavy atom. The third-order valence-corrected chi connectivity index (χ3v) is 2.62. The van der Waals surface area contributed by atoms with Crippen LogP contribution in [-0.4, -0.2) is 25.7 Å². The maximum atomic E-state index is 5.63. The lowest BCUT2D eigenvalue weighted by atomic mass is 10.0. The molecule has 0 heterocycles. The average molecular weight is 261 g/mol. The van der Waals surface area contributed by atoms with Crippen molar-refractivity contribution in [1.29, 1.82) is 0 Å². The second-order valence-electron chi connectivity index (χ2n) is 4.51. The molecule has 3 N–H and O–H groups in total. The molecule has 0 aliphatic carbocycles. The summed E-state index contributed by atoms with van der Waals surface area (Å²) in [5, 5.41) is 2.91. The van der Waals surface area contributed by atoms with Crippen LogP contribution in [0.15, 0.2) is 41.9 Å². The van der Waals surface area contributed by atoms with Crippen LogP contribution < -0.4 is 15.8 Å². The average Bonchev–Trinajstić information content (AvgIpc) is 2.41. The highest BCUT2D eigenvalue weighted by Gasteiger charge is 1.99. The molecule has 0 unspecified atom stereocenters. The maximum Gasteiger partial charge on any atom is 0.188 e. The molecule has 4 heteroatoms. The number of ether oxygens (including phenoxy) is 1. The van der Waals surface area contributed by atoms with Crippen LogP contribution in [0.25, 0.3) is 0 Å². The summed E-state index contributed by atoms with van der Waals surface area (Å²) in [5.74, 6) is 1.81. The van der Waals surface area contributed by atoms with E-state index in [9.17, 15) is 0 Å². The third-order valence-electron chi connectivity index (χ3n) is 2.62. The molecule has 0 fully saturated rings. The van der Waals surface area contributed by atoms with Crippen LogP contribution in [0.2, 0.25) is 0 Å². The Kier molecular flexibility index (Phi) is 6.50. The molecular weight excluding hydrogens is 238 g/mol. The first-order chi connectivity index (χ1) is 9.13. The van der Waals surface area contributed by atoms with Crippen molar-refractivity contribution in [3.05, 3.63) is 42.5 Å². The molecule has 1 aromatic rings. The lowest BCUT2D eigenvalue weighted by Crippen LogP contribution is -2.32. The number of nitrogens with one attached hydrogen (secondary N) is 1. The first-order valence-electron chi connectivity index (χ1n) is 6.51. The number of aliphatic imine (C=N–C) groups is 1. The number of benzene rings is 1. The highest BCUT2D eigenvalue weighted by molar-refractivity contribution is 5.77. The molecule has 0 atom stereocenters. The van der Waals surface area contributed by atoms with E-state index < -0.39 is 0 Å². The number of hydrogen-bond acceptors (Lipinski definition) is 2. The second kappa shape index (κ2) is 8.19. The van der Waals surface area contributed by atoms with Crippen molar-refractivity contribution >= 4 is 5.96 Å². The van der Waals surface area contributed by atoms with E-state index in [1.54, 1.807) is 6.08 Å². The Balaban J connectivity index is 2.31. The third kappa shape index (κ3) is 5.95. The topological polar surface area (TPSA) is 59.6 Å². The molecule has 0 saturated carbocycles. The highest BCUT2D eigenvalue weighted by atomic mass is 16.5. The van der Waals surface area contributed by atoms with Gasteiger partial charge in [0.05, 0.1) is 6.54 Å². The van der Waals surface area contributed by atoms with Crippen molar-refractivity contribution in [2.24, 2.45) is 10.7 Å². The Bertz CT molecular complexity index is 410. The van der Waals surface area contributed by atoms with Gasteiger partial charge in [0.15, 0.2) is 5.96 Å². The monoisotopic (exact) mass is 261 g/mol. The van der Waals surface area contributed by atoms with Crippen molar-refractivity contribution in [2.75, 3.05) is 19.7 Å². The predicted molar refractivity (Wildman–Crippen MR) is 80.7 cm³/mol. The van der Waals surface area contributed by atoms with E-state index in [1.807, 2.05) is 12.1 Å². The molecule has 4 nitrogen and oxygen atoms in total. The standard InChI is InChI=1S/C15H23N3O/c1-4-9-17-15(16)18-10-11-19-14-7-5-13(6-8-14)12(2)3/h4-8,12H,1,9-11H2,2-3H3,(H3,16,17,18). The molecule has 0 amide bonds. The highest BCUT2D eigenvalue weighted by Crippen LogP contribution is 2.18. The minimum atomic E-state index is 0.415. The van der Waals surface area contributed by atoms with Crippen molar-refractivity contribution in [3.63, 3.8) is 0 Å². The Labute approximate surface area is 115 Å². The van der Waals surface area contributed by atoms with Gasteiger partial charge >= 0.3 is 0 Å². The molecule has 104 valence electrons. The predicted octanol–water partition coefficient (Wildman–Crippen LogP) is 2.28. The van der Waals surface area contributed by atoms with Crippen LogP contribution in [0, 0.1) is 0 Å². The SMILES string of the molecule is C=CCNC(N)=NCCOc1ccc(C(C)C)cc1. The number of rotatable bonds is 7. The summed E-state index contributed by atoms with van der Waals surface area (Å²) < 4.78 is 5.59. The molecule has 0 aromatic heterocycles. The lowest BCUT2D eigenvalue weighted by Gasteiger charge is -2.08. The van der Waals surface area contributed by atoms with Gasteiger partial charge in [0.25, 0.3) is 0 Å². The Morgan fingerprint density at radius 2 is 2.11 bits per heavy atom. The first-order valence-corrected chi connectivity index (χ1v) is 6.51. The molecule has 0 spiro atoms. The van der Waals surface area contributed by atoms with E-state index in [1.165, 1.54) is 5.56 Å². The molecular formula is C15H23N3O. The van der Waals surface area contributed by atoms with E-state index in [4.69, 9.17) is 10.5 Å². The van der Waals surface area contributed by atoms with E-state index in [2.05, 4.69) is 42.9 Å². The second-order valence-corrected chi connectivity index (χ2v) is 4.51. The van der Waals surface area contributed by atoms with E-state index in [0.29, 0.717) is 31.6 Å². The summed E-state index contributed by atoms with van der Waals surface area (Å²) in [6, 6.07) is 8.14. The van der Waals surface area contributed by atoms with Crippen LogP contribution in [0.5, 0.6) is 5.75 Å². The zero-order chi connectivity index (χ0) is 14.1. The zero-order valence-corrected chi connectivity index (χ0v) is 11.7. The van der Waals surface area contributed by atoms with Crippen molar-refractivity contribution in [1.82, 2.24) is 5.32 Å². The fraction of sp³-hybridized carbons (Fsp3) is 0.400. The maximum absolute atomic E-state index is 5.63. The van der Waals surface area contributed by atoms with Crippen molar-refractivity contribution in [2.45, 2.75) is 19.8 Å². The zero-order valence-electron chi connectivity index (χ0n) is 11.7. The van der Waals surface area contributed by atoms with Gasteiger partial charge in [-0.2, -0.15) is 0 Å². The Morgan fingerprint density at radius 3 is 2.68 bits per heavy atom. The van der Waals surface area contributed by atoms with Crippen LogP contribution in [0.1, 0.15) is 25.3 Å². The Hall–Kier alpha value is -1.97. The molecule has 0 aliphatic heterocycles. The first kappa shape index (κ1) is 15.1. The van der Waals surface area contributed by atoms with Crippen molar-refractivity contribution < 1.29 is 4.74 Å². The quantitative estimate of drug-likeness (QED) is 0.342. The van der Waals surface area contributed by atoms with Gasteiger partial charge in [-0.15, -0.1) is 6.58 Å². The van der Waals surface area contributed by atoms with Gasteiger partial charge in [-0.1, -0.05) is 32.1 Å². The molecule has 1 aromatic carbocycles. The molecule has 1 rings (SSSR count). The summed E-state index contributed by atoms with van der Waals surface area (Å²) in [6.45, 7) is 9.59. The van der Waals surface area contributed by atoms with Gasteiger partial charge in [0.1, 0.15) is 12.4 Å². The minimum absolute atomic E-state index is 0.415. The van der Waals surface area contributed by atoms with Gasteiger partial charge in [0, 0.05) is 6.54 Å². The minimum Gasteiger partial charge on any atom is -0.492 e. The van der Waals surface area contributed by atoms with Crippen LogP contribution >= 0.6 is 0 Å². The van der Waals surface area contributed by atoms with Crippen LogP contribution in [0.4, 0.5) is 0 Å². The lowest BCUT2D eigenvalue weighted by molar-refractivity contribution is 0.328. The van der Waals surface area contributed by atoms with Gasteiger partial charge in [-0.25, -0.2) is 4.99 Å². The van der Waals surface area contributed by atoms with Gasteiger partial charge in [-0.05, 0) is 23.6 Å². The van der Waals surface area contributed by atoms with E-state index in [-0.39, 0.29) is 0 Å². The van der Waals surface area contributed by atoms with Gasteiger partial charge in [0.2, 0.25) is 0 Å². The van der Waals surface area contributed by atoms with Crippen molar-refractivity contribution in [3.8, 4) is 5.75 Å². The largest absolute Gasteiger partial charge is 0.492 e. The van der Waals surface area contributed by atoms with Gasteiger partial charge in [-0.3, -0.25) is 0 Å². The summed E-state index contributed by atoms with van der Waals surface area (Å²) in [6.07, 6.45) is 1.73. The molecule has 0 radical (unpaired) electrons. The molecule has 0 bridgehead atoms. The fourth-order valence-electron chi connectivity index (χ4n) is 1.51. The summed E-state index contributed by atoms with van der Waals surface area (Å²) >= 11 is 0. The fourth-order valence-corrected chi connectivity index (χ4v) is 1.51. The normalized spacial score (nSPS) is 11.4. The summed E-state index contributed by atoms with van der Waals surface area (Å²) in [5.41, 5.74) is 6.94. The number of hydrogen-bond donors (Lipinski definition) is 2. The number of nitrogens with two attached hydrogens (primary N) is 1. The summed E-state index contributed by atoms with van der Waals surface area (Å²) in [4.78, 5) is 4.13. The number of guanidine groups is 1.